The zero-order valence-corrected chi connectivity index (χ0v) is 17.0. The SMILES string of the molecule is Cc1ccc(OCc2nc(CCN(C)C(=O)NC3CCCCC3)no2)c(C)c1. The van der Waals surface area contributed by atoms with Gasteiger partial charge in [0, 0.05) is 26.1 Å². The van der Waals surface area contributed by atoms with Crippen LogP contribution in [0.25, 0.3) is 0 Å². The van der Waals surface area contributed by atoms with Gasteiger partial charge in [-0.05, 0) is 38.3 Å². The van der Waals surface area contributed by atoms with E-state index < -0.39 is 0 Å². The van der Waals surface area contributed by atoms with E-state index in [4.69, 9.17) is 9.26 Å². The fourth-order valence-electron chi connectivity index (χ4n) is 3.45. The van der Waals surface area contributed by atoms with Crippen LogP contribution in [0.4, 0.5) is 4.79 Å². The van der Waals surface area contributed by atoms with Gasteiger partial charge in [0.2, 0.25) is 0 Å². The van der Waals surface area contributed by atoms with Crippen LogP contribution in [0, 0.1) is 13.8 Å². The second-order valence-electron chi connectivity index (χ2n) is 7.62. The Morgan fingerprint density at radius 2 is 2.07 bits per heavy atom. The van der Waals surface area contributed by atoms with Gasteiger partial charge in [0.25, 0.3) is 5.89 Å². The summed E-state index contributed by atoms with van der Waals surface area (Å²) < 4.78 is 11.0. The standard InChI is InChI=1S/C21H30N4O3/c1-15-9-10-18(16(2)13-15)27-14-20-23-19(24-28-20)11-12-25(3)21(26)22-17-7-5-4-6-8-17/h9-10,13,17H,4-8,11-12,14H2,1-3H3,(H,22,26). The number of nitrogens with zero attached hydrogens (tertiary/aromatic N) is 3. The number of ether oxygens (including phenoxy) is 1. The first-order valence-corrected chi connectivity index (χ1v) is 10.0. The molecular weight excluding hydrogens is 356 g/mol. The number of urea groups is 1. The van der Waals surface area contributed by atoms with Gasteiger partial charge >= 0.3 is 6.03 Å². The molecule has 1 aliphatic rings. The van der Waals surface area contributed by atoms with Gasteiger partial charge in [0.15, 0.2) is 12.4 Å². The van der Waals surface area contributed by atoms with E-state index in [1.165, 1.54) is 24.8 Å². The molecule has 0 unspecified atom stereocenters. The van der Waals surface area contributed by atoms with Gasteiger partial charge in [-0.3, -0.25) is 0 Å². The summed E-state index contributed by atoms with van der Waals surface area (Å²) in [6.07, 6.45) is 6.37. The zero-order chi connectivity index (χ0) is 19.9. The monoisotopic (exact) mass is 386 g/mol. The Labute approximate surface area is 166 Å². The van der Waals surface area contributed by atoms with E-state index in [0.29, 0.717) is 30.7 Å². The Kier molecular flexibility index (Phi) is 6.90. The lowest BCUT2D eigenvalue weighted by atomic mass is 9.96. The first-order chi connectivity index (χ1) is 13.5. The number of aromatic nitrogens is 2. The molecule has 152 valence electrons. The highest BCUT2D eigenvalue weighted by molar-refractivity contribution is 5.74. The molecule has 2 aromatic rings. The Morgan fingerprint density at radius 3 is 2.82 bits per heavy atom. The van der Waals surface area contributed by atoms with Crippen molar-refractivity contribution < 1.29 is 14.1 Å². The summed E-state index contributed by atoms with van der Waals surface area (Å²) in [5.74, 6) is 1.82. The molecule has 0 atom stereocenters. The number of benzene rings is 1. The number of carbonyl (C=O) groups is 1. The van der Waals surface area contributed by atoms with Gasteiger partial charge in [-0.15, -0.1) is 0 Å². The molecular formula is C21H30N4O3. The van der Waals surface area contributed by atoms with E-state index in [0.717, 1.165) is 24.2 Å². The molecule has 1 aliphatic carbocycles. The molecule has 1 heterocycles. The Morgan fingerprint density at radius 1 is 1.29 bits per heavy atom. The highest BCUT2D eigenvalue weighted by Gasteiger charge is 2.18. The fourth-order valence-corrected chi connectivity index (χ4v) is 3.45. The number of rotatable bonds is 7. The lowest BCUT2D eigenvalue weighted by molar-refractivity contribution is 0.200. The summed E-state index contributed by atoms with van der Waals surface area (Å²) in [5.41, 5.74) is 2.27. The average Bonchev–Trinajstić information content (AvgIpc) is 3.14. The van der Waals surface area contributed by atoms with Gasteiger partial charge < -0.3 is 19.5 Å². The normalized spacial score (nSPS) is 14.7. The Balaban J connectivity index is 1.43. The minimum atomic E-state index is -0.0335. The van der Waals surface area contributed by atoms with E-state index in [9.17, 15) is 4.79 Å². The third-order valence-corrected chi connectivity index (χ3v) is 5.14. The molecule has 0 bridgehead atoms. The van der Waals surface area contributed by atoms with Crippen molar-refractivity contribution in [3.63, 3.8) is 0 Å². The number of aryl methyl sites for hydroxylation is 2. The van der Waals surface area contributed by atoms with Gasteiger partial charge in [-0.2, -0.15) is 4.98 Å². The molecule has 0 aliphatic heterocycles. The molecule has 28 heavy (non-hydrogen) atoms. The van der Waals surface area contributed by atoms with Crippen molar-refractivity contribution in [1.29, 1.82) is 0 Å². The molecule has 1 aromatic heterocycles. The van der Waals surface area contributed by atoms with Crippen LogP contribution in [0.2, 0.25) is 0 Å². The van der Waals surface area contributed by atoms with Gasteiger partial charge in [0.1, 0.15) is 5.75 Å². The second kappa shape index (κ2) is 9.57. The summed E-state index contributed by atoms with van der Waals surface area (Å²) >= 11 is 0. The first-order valence-electron chi connectivity index (χ1n) is 10.0. The molecule has 0 spiro atoms. The average molecular weight is 386 g/mol. The third kappa shape index (κ3) is 5.71. The molecule has 0 radical (unpaired) electrons. The quantitative estimate of drug-likeness (QED) is 0.783. The van der Waals surface area contributed by atoms with Crippen molar-refractivity contribution in [3.8, 4) is 5.75 Å². The molecule has 3 rings (SSSR count). The van der Waals surface area contributed by atoms with E-state index >= 15 is 0 Å². The topological polar surface area (TPSA) is 80.5 Å². The summed E-state index contributed by atoms with van der Waals surface area (Å²) in [7, 11) is 1.79. The van der Waals surface area contributed by atoms with Crippen molar-refractivity contribution in [2.45, 2.75) is 65.0 Å². The van der Waals surface area contributed by atoms with E-state index in [1.54, 1.807) is 11.9 Å². The molecule has 0 saturated heterocycles. The molecule has 7 heteroatoms. The number of hydrogen-bond donors (Lipinski definition) is 1. The Hall–Kier alpha value is -2.57. The highest BCUT2D eigenvalue weighted by atomic mass is 16.5. The predicted molar refractivity (Wildman–Crippen MR) is 106 cm³/mol. The molecule has 1 saturated carbocycles. The number of hydrogen-bond acceptors (Lipinski definition) is 5. The van der Waals surface area contributed by atoms with E-state index in [1.807, 2.05) is 26.0 Å². The van der Waals surface area contributed by atoms with Crippen molar-refractivity contribution in [3.05, 3.63) is 41.0 Å². The largest absolute Gasteiger partial charge is 0.483 e. The van der Waals surface area contributed by atoms with Crippen molar-refractivity contribution in [1.82, 2.24) is 20.4 Å². The maximum atomic E-state index is 12.3. The maximum Gasteiger partial charge on any atom is 0.317 e. The van der Waals surface area contributed by atoms with Crippen LogP contribution in [0.3, 0.4) is 0 Å². The summed E-state index contributed by atoms with van der Waals surface area (Å²) in [6.45, 7) is 4.83. The lowest BCUT2D eigenvalue weighted by Gasteiger charge is -2.26. The van der Waals surface area contributed by atoms with E-state index in [2.05, 4.69) is 21.5 Å². The van der Waals surface area contributed by atoms with Gasteiger partial charge in [0.05, 0.1) is 0 Å². The van der Waals surface area contributed by atoms with Crippen LogP contribution in [-0.4, -0.2) is 40.7 Å². The van der Waals surface area contributed by atoms with Crippen LogP contribution < -0.4 is 10.1 Å². The second-order valence-corrected chi connectivity index (χ2v) is 7.62. The molecule has 2 amide bonds. The number of likely N-dealkylation sites (N-methyl/N-ethyl adjacent to an activating group) is 1. The maximum absolute atomic E-state index is 12.3. The zero-order valence-electron chi connectivity index (χ0n) is 17.0. The summed E-state index contributed by atoms with van der Waals surface area (Å²) in [5, 5.41) is 7.10. The first kappa shape index (κ1) is 20.2. The Bertz CT molecular complexity index is 784. The molecule has 7 nitrogen and oxygen atoms in total. The summed E-state index contributed by atoms with van der Waals surface area (Å²) in [4.78, 5) is 18.3. The van der Waals surface area contributed by atoms with Crippen LogP contribution in [-0.2, 0) is 13.0 Å². The predicted octanol–water partition coefficient (Wildman–Crippen LogP) is 3.78. The van der Waals surface area contributed by atoms with E-state index in [-0.39, 0.29) is 12.6 Å². The third-order valence-electron chi connectivity index (χ3n) is 5.14. The lowest BCUT2D eigenvalue weighted by Crippen LogP contribution is -2.44. The summed E-state index contributed by atoms with van der Waals surface area (Å²) in [6, 6.07) is 6.30. The number of carbonyl (C=O) groups excluding carboxylic acids is 1. The van der Waals surface area contributed by atoms with Crippen LogP contribution >= 0.6 is 0 Å². The highest BCUT2D eigenvalue weighted by Crippen LogP contribution is 2.20. The molecule has 1 N–H and O–H groups in total. The van der Waals surface area contributed by atoms with Crippen LogP contribution in [0.15, 0.2) is 22.7 Å². The van der Waals surface area contributed by atoms with Crippen molar-refractivity contribution in [2.75, 3.05) is 13.6 Å². The molecule has 1 fully saturated rings. The van der Waals surface area contributed by atoms with Gasteiger partial charge in [-0.1, -0.05) is 42.1 Å². The molecule has 1 aromatic carbocycles. The van der Waals surface area contributed by atoms with Gasteiger partial charge in [-0.25, -0.2) is 4.79 Å². The fraction of sp³-hybridized carbons (Fsp3) is 0.571. The smallest absolute Gasteiger partial charge is 0.317 e. The van der Waals surface area contributed by atoms with Crippen LogP contribution in [0.1, 0.15) is 54.9 Å². The number of nitrogens with one attached hydrogen (secondary N) is 1. The minimum absolute atomic E-state index is 0.0335. The minimum Gasteiger partial charge on any atom is -0.483 e. The van der Waals surface area contributed by atoms with Crippen molar-refractivity contribution >= 4 is 6.03 Å². The van der Waals surface area contributed by atoms with Crippen LogP contribution in [0.5, 0.6) is 5.75 Å². The number of amides is 2. The van der Waals surface area contributed by atoms with Crippen molar-refractivity contribution in [2.24, 2.45) is 0 Å².